The Morgan fingerprint density at radius 3 is 2.35 bits per heavy atom. The first-order valence-electron chi connectivity index (χ1n) is 7.76. The van der Waals surface area contributed by atoms with Crippen molar-refractivity contribution in [1.82, 2.24) is 19.2 Å². The summed E-state index contributed by atoms with van der Waals surface area (Å²) in [7, 11) is 0. The second-order valence-electron chi connectivity index (χ2n) is 5.70. The van der Waals surface area contributed by atoms with Crippen LogP contribution in [0, 0.1) is 0 Å². The number of fused-ring (bicyclic) bond motifs is 1. The molecule has 3 heterocycles. The van der Waals surface area contributed by atoms with E-state index in [-0.39, 0.29) is 11.1 Å². The predicted molar refractivity (Wildman–Crippen MR) is 94.8 cm³/mol. The number of benzene rings is 1. The molecule has 4 N–H and O–H groups in total. The number of hydrogen-bond donors (Lipinski definition) is 2. The van der Waals surface area contributed by atoms with Crippen molar-refractivity contribution in [2.24, 2.45) is 11.5 Å². The molecule has 0 aliphatic rings. The van der Waals surface area contributed by atoms with E-state index in [2.05, 4.69) is 10.1 Å². The molecule has 26 heavy (non-hydrogen) atoms. The van der Waals surface area contributed by atoms with E-state index in [0.717, 1.165) is 11.2 Å². The summed E-state index contributed by atoms with van der Waals surface area (Å²) >= 11 is 0. The number of nitrogens with zero attached hydrogens (tertiary/aromatic N) is 4. The van der Waals surface area contributed by atoms with Gasteiger partial charge in [0.25, 0.3) is 0 Å². The zero-order valence-electron chi connectivity index (χ0n) is 13.5. The maximum Gasteiger partial charge on any atom is 0.248 e. The number of carbonyl (C=O) groups excluding carboxylic acids is 2. The van der Waals surface area contributed by atoms with E-state index in [9.17, 15) is 9.59 Å². The Hall–Kier alpha value is -3.94. The average molecular weight is 346 g/mol. The third kappa shape index (κ3) is 2.49. The normalized spacial score (nSPS) is 10.9. The fraction of sp³-hybridized carbons (Fsp3) is 0. The molecule has 0 bridgehead atoms. The highest BCUT2D eigenvalue weighted by molar-refractivity contribution is 5.99. The summed E-state index contributed by atoms with van der Waals surface area (Å²) in [5, 5.41) is 4.32. The Bertz CT molecular complexity index is 1130. The molecule has 0 saturated heterocycles. The van der Waals surface area contributed by atoms with Crippen molar-refractivity contribution in [3.05, 3.63) is 72.2 Å². The van der Waals surface area contributed by atoms with Gasteiger partial charge in [-0.1, -0.05) is 6.07 Å². The number of hydrogen-bond acceptors (Lipinski definition) is 4. The summed E-state index contributed by atoms with van der Waals surface area (Å²) in [5.74, 6) is -0.702. The van der Waals surface area contributed by atoms with Crippen molar-refractivity contribution >= 4 is 17.3 Å². The van der Waals surface area contributed by atoms with E-state index < -0.39 is 11.8 Å². The van der Waals surface area contributed by atoms with Crippen molar-refractivity contribution in [2.45, 2.75) is 0 Å². The first-order valence-corrected chi connectivity index (χ1v) is 7.76. The van der Waals surface area contributed by atoms with Crippen LogP contribution in [0.2, 0.25) is 0 Å². The fourth-order valence-electron chi connectivity index (χ4n) is 2.85. The van der Waals surface area contributed by atoms with Gasteiger partial charge in [-0.15, -0.1) is 0 Å². The molecule has 0 spiro atoms. The summed E-state index contributed by atoms with van der Waals surface area (Å²) < 4.78 is 3.50. The molecule has 8 nitrogen and oxygen atoms in total. The van der Waals surface area contributed by atoms with Gasteiger partial charge in [0.2, 0.25) is 11.8 Å². The lowest BCUT2D eigenvalue weighted by Gasteiger charge is -2.11. The number of primary amides is 2. The van der Waals surface area contributed by atoms with Crippen molar-refractivity contribution in [3.63, 3.8) is 0 Å². The second-order valence-corrected chi connectivity index (χ2v) is 5.70. The van der Waals surface area contributed by atoms with Gasteiger partial charge in [0.1, 0.15) is 5.69 Å². The van der Waals surface area contributed by atoms with Gasteiger partial charge in [0.05, 0.1) is 11.7 Å². The van der Waals surface area contributed by atoms with Crippen LogP contribution in [0.4, 0.5) is 0 Å². The summed E-state index contributed by atoms with van der Waals surface area (Å²) in [4.78, 5) is 27.7. The molecule has 0 unspecified atom stereocenters. The molecule has 3 aromatic heterocycles. The molecule has 4 aromatic rings. The summed E-state index contributed by atoms with van der Waals surface area (Å²) in [6.07, 6.45) is 5.05. The molecular weight excluding hydrogens is 332 g/mol. The quantitative estimate of drug-likeness (QED) is 0.580. The van der Waals surface area contributed by atoms with E-state index >= 15 is 0 Å². The van der Waals surface area contributed by atoms with E-state index in [1.54, 1.807) is 39.8 Å². The van der Waals surface area contributed by atoms with Crippen LogP contribution in [0.1, 0.15) is 20.7 Å². The average Bonchev–Trinajstić information content (AvgIpc) is 3.30. The second kappa shape index (κ2) is 5.85. The highest BCUT2D eigenvalue weighted by atomic mass is 16.1. The van der Waals surface area contributed by atoms with Crippen LogP contribution in [-0.2, 0) is 0 Å². The van der Waals surface area contributed by atoms with Gasteiger partial charge in [-0.25, -0.2) is 9.50 Å². The van der Waals surface area contributed by atoms with Crippen molar-refractivity contribution in [2.75, 3.05) is 0 Å². The van der Waals surface area contributed by atoms with Crippen LogP contribution in [0.15, 0.2) is 61.1 Å². The first kappa shape index (κ1) is 15.6. The van der Waals surface area contributed by atoms with E-state index in [1.165, 1.54) is 6.07 Å². The van der Waals surface area contributed by atoms with Crippen LogP contribution < -0.4 is 11.5 Å². The number of aromatic nitrogens is 4. The maximum absolute atomic E-state index is 11.6. The van der Waals surface area contributed by atoms with Gasteiger partial charge in [-0.3, -0.25) is 14.2 Å². The molecule has 0 aliphatic heterocycles. The van der Waals surface area contributed by atoms with Gasteiger partial charge in [0, 0.05) is 29.2 Å². The molecule has 1 aromatic carbocycles. The van der Waals surface area contributed by atoms with E-state index in [4.69, 9.17) is 11.5 Å². The first-order chi connectivity index (χ1) is 12.5. The number of rotatable bonds is 4. The Labute approximate surface area is 147 Å². The standard InChI is InChI=1S/C18H14N6O2/c19-16(25)11-8-12(17(20)26)10-14(9-11)23-7-6-21-18(23)15-3-1-2-13-4-5-22-24(13)15/h1-10H,(H2,19,25)(H2,20,26). The smallest absolute Gasteiger partial charge is 0.248 e. The lowest BCUT2D eigenvalue weighted by atomic mass is 10.1. The molecule has 0 aliphatic carbocycles. The van der Waals surface area contributed by atoms with Crippen molar-refractivity contribution < 1.29 is 9.59 Å². The highest BCUT2D eigenvalue weighted by Crippen LogP contribution is 2.24. The highest BCUT2D eigenvalue weighted by Gasteiger charge is 2.15. The van der Waals surface area contributed by atoms with Crippen LogP contribution in [0.25, 0.3) is 22.7 Å². The Balaban J connectivity index is 1.94. The summed E-state index contributed by atoms with van der Waals surface area (Å²) in [6, 6.07) is 12.1. The largest absolute Gasteiger partial charge is 0.366 e. The van der Waals surface area contributed by atoms with Crippen LogP contribution in [-0.4, -0.2) is 31.0 Å². The minimum atomic E-state index is -0.648. The molecule has 0 radical (unpaired) electrons. The topological polar surface area (TPSA) is 121 Å². The number of carbonyl (C=O) groups is 2. The molecule has 0 saturated carbocycles. The van der Waals surface area contributed by atoms with Crippen LogP contribution >= 0.6 is 0 Å². The number of pyridine rings is 1. The molecular formula is C18H14N6O2. The molecule has 128 valence electrons. The van der Waals surface area contributed by atoms with E-state index in [0.29, 0.717) is 11.5 Å². The molecule has 0 fully saturated rings. The van der Waals surface area contributed by atoms with Crippen LogP contribution in [0.3, 0.4) is 0 Å². The van der Waals surface area contributed by atoms with Gasteiger partial charge in [-0.05, 0) is 36.4 Å². The number of amides is 2. The Morgan fingerprint density at radius 1 is 0.923 bits per heavy atom. The molecule has 8 heteroatoms. The summed E-state index contributed by atoms with van der Waals surface area (Å²) in [6.45, 7) is 0. The number of nitrogens with two attached hydrogens (primary N) is 2. The zero-order chi connectivity index (χ0) is 18.3. The SMILES string of the molecule is NC(=O)c1cc(C(N)=O)cc(-n2ccnc2-c2cccc3ccnn23)c1. The lowest BCUT2D eigenvalue weighted by molar-refractivity contribution is 0.0999. The fourth-order valence-corrected chi connectivity index (χ4v) is 2.85. The van der Waals surface area contributed by atoms with Gasteiger partial charge < -0.3 is 11.5 Å². The van der Waals surface area contributed by atoms with Crippen molar-refractivity contribution in [3.8, 4) is 17.2 Å². The third-order valence-electron chi connectivity index (χ3n) is 4.06. The van der Waals surface area contributed by atoms with Gasteiger partial charge in [-0.2, -0.15) is 5.10 Å². The minimum Gasteiger partial charge on any atom is -0.366 e. The molecule has 2 amide bonds. The van der Waals surface area contributed by atoms with Gasteiger partial charge >= 0.3 is 0 Å². The minimum absolute atomic E-state index is 0.188. The lowest BCUT2D eigenvalue weighted by Crippen LogP contribution is -2.16. The van der Waals surface area contributed by atoms with Gasteiger partial charge in [0.15, 0.2) is 5.82 Å². The summed E-state index contributed by atoms with van der Waals surface area (Å²) in [5.41, 5.74) is 13.4. The zero-order valence-corrected chi connectivity index (χ0v) is 13.5. The molecule has 4 rings (SSSR count). The monoisotopic (exact) mass is 346 g/mol. The number of imidazole rings is 1. The predicted octanol–water partition coefficient (Wildman–Crippen LogP) is 1.38. The Morgan fingerprint density at radius 2 is 1.65 bits per heavy atom. The maximum atomic E-state index is 11.6. The van der Waals surface area contributed by atoms with Crippen molar-refractivity contribution in [1.29, 1.82) is 0 Å². The third-order valence-corrected chi connectivity index (χ3v) is 4.06. The molecule has 0 atom stereocenters. The van der Waals surface area contributed by atoms with E-state index in [1.807, 2.05) is 24.3 Å². The Kier molecular flexibility index (Phi) is 3.51. The van der Waals surface area contributed by atoms with Crippen LogP contribution in [0.5, 0.6) is 0 Å².